The van der Waals surface area contributed by atoms with Crippen LogP contribution in [0.15, 0.2) is 35.6 Å². The van der Waals surface area contributed by atoms with Crippen molar-refractivity contribution >= 4 is 9.84 Å². The molecule has 1 aromatic heterocycles. The lowest BCUT2D eigenvalue weighted by Crippen LogP contribution is -2.39. The maximum absolute atomic E-state index is 14.1. The van der Waals surface area contributed by atoms with Crippen molar-refractivity contribution in [3.05, 3.63) is 47.5 Å². The van der Waals surface area contributed by atoms with Gasteiger partial charge in [0.2, 0.25) is 15.0 Å². The number of sulfone groups is 1. The Kier molecular flexibility index (Phi) is 5.74. The van der Waals surface area contributed by atoms with Crippen LogP contribution in [-0.4, -0.2) is 55.4 Å². The van der Waals surface area contributed by atoms with Crippen molar-refractivity contribution in [1.29, 1.82) is 0 Å². The van der Waals surface area contributed by atoms with E-state index in [-0.39, 0.29) is 23.6 Å². The molecule has 1 fully saturated rings. The fourth-order valence-corrected chi connectivity index (χ4v) is 4.18. The summed E-state index contributed by atoms with van der Waals surface area (Å²) in [7, 11) is -1.81. The fourth-order valence-electron chi connectivity index (χ4n) is 3.36. The van der Waals surface area contributed by atoms with Gasteiger partial charge in [0.1, 0.15) is 5.82 Å². The third kappa shape index (κ3) is 4.31. The number of aromatic nitrogens is 2. The second kappa shape index (κ2) is 7.85. The molecule has 0 N–H and O–H groups in total. The van der Waals surface area contributed by atoms with E-state index in [1.807, 2.05) is 0 Å². The van der Waals surface area contributed by atoms with Gasteiger partial charge in [-0.15, -0.1) is 0 Å². The highest BCUT2D eigenvalue weighted by Crippen LogP contribution is 2.20. The van der Waals surface area contributed by atoms with Crippen molar-refractivity contribution in [3.63, 3.8) is 0 Å². The highest BCUT2D eigenvalue weighted by molar-refractivity contribution is 7.90. The average molecular weight is 381 g/mol. The maximum atomic E-state index is 14.1. The van der Waals surface area contributed by atoms with Gasteiger partial charge in [-0.25, -0.2) is 17.8 Å². The van der Waals surface area contributed by atoms with Gasteiger partial charge in [-0.3, -0.25) is 4.90 Å². The summed E-state index contributed by atoms with van der Waals surface area (Å²) in [4.78, 5) is 6.33. The summed E-state index contributed by atoms with van der Waals surface area (Å²) in [5, 5.41) is -0.0314. The predicted octanol–water partition coefficient (Wildman–Crippen LogP) is 2.08. The van der Waals surface area contributed by atoms with Crippen LogP contribution in [0.1, 0.15) is 24.1 Å². The van der Waals surface area contributed by atoms with E-state index in [2.05, 4.69) is 9.88 Å². The van der Waals surface area contributed by atoms with Crippen LogP contribution >= 0.6 is 0 Å². The van der Waals surface area contributed by atoms with Crippen LogP contribution in [0.25, 0.3) is 0 Å². The molecule has 0 saturated carbocycles. The molecule has 8 heteroatoms. The zero-order chi connectivity index (χ0) is 18.7. The summed E-state index contributed by atoms with van der Waals surface area (Å²) in [5.74, 6) is -0.357. The standard InChI is InChI=1S/C18H24FN3O3S/c1-25-16-7-5-9-21(13-16)12-15-10-20-18(26(2,23)24)22(15)11-14-6-3-4-8-17(14)19/h3-4,6,8,10,16H,5,7,9,11-13H2,1-2H3/t16-/m0/s1. The third-order valence-electron chi connectivity index (χ3n) is 4.70. The minimum Gasteiger partial charge on any atom is -0.380 e. The summed E-state index contributed by atoms with van der Waals surface area (Å²) in [6, 6.07) is 6.39. The second-order valence-corrected chi connectivity index (χ2v) is 8.63. The van der Waals surface area contributed by atoms with Crippen LogP contribution in [0, 0.1) is 5.82 Å². The molecule has 0 aliphatic carbocycles. The zero-order valence-corrected chi connectivity index (χ0v) is 15.9. The van der Waals surface area contributed by atoms with Gasteiger partial charge >= 0.3 is 0 Å². The number of ether oxygens (including phenoxy) is 1. The van der Waals surface area contributed by atoms with Crippen molar-refractivity contribution in [2.75, 3.05) is 26.5 Å². The highest BCUT2D eigenvalue weighted by Gasteiger charge is 2.24. The Morgan fingerprint density at radius 2 is 2.08 bits per heavy atom. The Bertz CT molecular complexity index is 866. The first-order valence-corrected chi connectivity index (χ1v) is 10.5. The second-order valence-electron chi connectivity index (χ2n) is 6.72. The predicted molar refractivity (Wildman–Crippen MR) is 96.1 cm³/mol. The van der Waals surface area contributed by atoms with Gasteiger partial charge in [0.15, 0.2) is 0 Å². The van der Waals surface area contributed by atoms with Gasteiger partial charge in [0, 0.05) is 32.0 Å². The van der Waals surface area contributed by atoms with Gasteiger partial charge in [-0.1, -0.05) is 18.2 Å². The molecule has 0 radical (unpaired) electrons. The van der Waals surface area contributed by atoms with Crippen molar-refractivity contribution in [1.82, 2.24) is 14.5 Å². The number of rotatable bonds is 6. The lowest BCUT2D eigenvalue weighted by Gasteiger charge is -2.32. The van der Waals surface area contributed by atoms with Crippen molar-refractivity contribution < 1.29 is 17.5 Å². The number of hydrogen-bond acceptors (Lipinski definition) is 5. The van der Waals surface area contributed by atoms with Crippen LogP contribution in [0.2, 0.25) is 0 Å². The molecule has 1 aromatic carbocycles. The molecular formula is C18H24FN3O3S. The van der Waals surface area contributed by atoms with Gasteiger partial charge in [0.05, 0.1) is 24.5 Å². The monoisotopic (exact) mass is 381 g/mol. The molecule has 6 nitrogen and oxygen atoms in total. The number of piperidine rings is 1. The Hall–Kier alpha value is -1.77. The molecule has 2 heterocycles. The largest absolute Gasteiger partial charge is 0.380 e. The molecule has 0 spiro atoms. The molecular weight excluding hydrogens is 357 g/mol. The summed E-state index contributed by atoms with van der Waals surface area (Å²) < 4.78 is 45.4. The molecule has 26 heavy (non-hydrogen) atoms. The van der Waals surface area contributed by atoms with Gasteiger partial charge in [-0.05, 0) is 25.5 Å². The summed E-state index contributed by atoms with van der Waals surface area (Å²) in [6.45, 7) is 2.39. The molecule has 2 aromatic rings. The lowest BCUT2D eigenvalue weighted by atomic mass is 10.1. The SMILES string of the molecule is CO[C@H]1CCCN(Cc2cnc(S(C)(=O)=O)n2Cc2ccccc2F)C1. The third-order valence-corrected chi connectivity index (χ3v) is 5.69. The minimum absolute atomic E-state index is 0.0314. The summed E-state index contributed by atoms with van der Waals surface area (Å²) in [5.41, 5.74) is 1.19. The highest BCUT2D eigenvalue weighted by atomic mass is 32.2. The van der Waals surface area contributed by atoms with Crippen LogP contribution in [-0.2, 0) is 27.7 Å². The number of hydrogen-bond donors (Lipinski definition) is 0. The molecule has 0 amide bonds. The van der Waals surface area contributed by atoms with Crippen LogP contribution in [0.5, 0.6) is 0 Å². The smallest absolute Gasteiger partial charge is 0.227 e. The molecule has 1 atom stereocenters. The number of nitrogens with zero attached hydrogens (tertiary/aromatic N) is 3. The molecule has 1 aliphatic heterocycles. The Morgan fingerprint density at radius 3 is 2.77 bits per heavy atom. The van der Waals surface area contributed by atoms with E-state index >= 15 is 0 Å². The maximum Gasteiger partial charge on any atom is 0.227 e. The molecule has 142 valence electrons. The van der Waals surface area contributed by atoms with E-state index in [1.54, 1.807) is 36.1 Å². The molecule has 3 rings (SSSR count). The summed E-state index contributed by atoms with van der Waals surface area (Å²) in [6.07, 6.45) is 4.93. The van der Waals surface area contributed by atoms with Crippen LogP contribution < -0.4 is 0 Å². The quantitative estimate of drug-likeness (QED) is 0.767. The first kappa shape index (κ1) is 19.0. The zero-order valence-electron chi connectivity index (χ0n) is 15.1. The average Bonchev–Trinajstić information content (AvgIpc) is 3.00. The molecule has 1 aliphatic rings. The van der Waals surface area contributed by atoms with Gasteiger partial charge in [0.25, 0.3) is 0 Å². The Balaban J connectivity index is 1.90. The van der Waals surface area contributed by atoms with E-state index in [1.165, 1.54) is 6.07 Å². The Morgan fingerprint density at radius 1 is 1.31 bits per heavy atom. The number of benzene rings is 1. The molecule has 0 bridgehead atoms. The molecule has 1 saturated heterocycles. The normalized spacial score (nSPS) is 19.0. The number of likely N-dealkylation sites (tertiary alicyclic amines) is 1. The minimum atomic E-state index is -3.52. The van der Waals surface area contributed by atoms with Gasteiger partial charge in [-0.2, -0.15) is 0 Å². The fraction of sp³-hybridized carbons (Fsp3) is 0.500. The van der Waals surface area contributed by atoms with Crippen molar-refractivity contribution in [2.24, 2.45) is 0 Å². The van der Waals surface area contributed by atoms with E-state index in [0.717, 1.165) is 37.9 Å². The lowest BCUT2D eigenvalue weighted by molar-refractivity contribution is 0.0277. The number of imidazole rings is 1. The van der Waals surface area contributed by atoms with E-state index in [0.29, 0.717) is 12.1 Å². The van der Waals surface area contributed by atoms with E-state index < -0.39 is 9.84 Å². The van der Waals surface area contributed by atoms with Crippen molar-refractivity contribution in [2.45, 2.75) is 37.2 Å². The Labute approximate surface area is 153 Å². The van der Waals surface area contributed by atoms with E-state index in [4.69, 9.17) is 4.74 Å². The van der Waals surface area contributed by atoms with Gasteiger partial charge < -0.3 is 9.30 Å². The first-order valence-electron chi connectivity index (χ1n) is 8.61. The van der Waals surface area contributed by atoms with Crippen molar-refractivity contribution in [3.8, 4) is 0 Å². The van der Waals surface area contributed by atoms with Crippen LogP contribution in [0.4, 0.5) is 4.39 Å². The number of halogens is 1. The number of methoxy groups -OCH3 is 1. The molecule has 0 unspecified atom stereocenters. The topological polar surface area (TPSA) is 64.4 Å². The summed E-state index contributed by atoms with van der Waals surface area (Å²) >= 11 is 0. The first-order chi connectivity index (χ1) is 12.4. The van der Waals surface area contributed by atoms with Crippen LogP contribution in [0.3, 0.4) is 0 Å². The van der Waals surface area contributed by atoms with E-state index in [9.17, 15) is 12.8 Å².